The molecule has 2 N–H and O–H groups in total. The zero-order valence-electron chi connectivity index (χ0n) is 11.2. The number of hydrogen-bond donors (Lipinski definition) is 2. The first-order chi connectivity index (χ1) is 10.1. The Labute approximate surface area is 120 Å². The number of amides is 1. The summed E-state index contributed by atoms with van der Waals surface area (Å²) in [6.07, 6.45) is -0.675. The average molecular weight is 287 g/mol. The number of anilines is 1. The molecule has 2 rings (SSSR count). The van der Waals surface area contributed by atoms with Crippen LogP contribution in [0.25, 0.3) is 0 Å². The minimum absolute atomic E-state index is 0.104. The van der Waals surface area contributed by atoms with Crippen molar-refractivity contribution in [2.24, 2.45) is 0 Å². The topological polar surface area (TPSA) is 84.9 Å². The Balaban J connectivity index is 1.96. The molecule has 0 saturated heterocycles. The van der Waals surface area contributed by atoms with Crippen molar-refractivity contribution in [1.82, 2.24) is 0 Å². The molecule has 0 aliphatic carbocycles. The van der Waals surface area contributed by atoms with E-state index in [0.717, 1.165) is 0 Å². The standard InChI is InChI=1S/C15H13NO5/c1-20-14(18)10-2-8-13(9-3-10)21-15(19)16-11-4-6-12(17)7-5-11/h2-9,17H,1H3,(H,16,19). The first-order valence-corrected chi connectivity index (χ1v) is 6.05. The van der Waals surface area contributed by atoms with Gasteiger partial charge in [0.05, 0.1) is 12.7 Å². The van der Waals surface area contributed by atoms with Crippen molar-refractivity contribution in [1.29, 1.82) is 0 Å². The van der Waals surface area contributed by atoms with Crippen LogP contribution in [-0.2, 0) is 4.74 Å². The van der Waals surface area contributed by atoms with Crippen LogP contribution in [0.3, 0.4) is 0 Å². The van der Waals surface area contributed by atoms with Gasteiger partial charge in [0, 0.05) is 5.69 Å². The van der Waals surface area contributed by atoms with Gasteiger partial charge >= 0.3 is 12.1 Å². The molecule has 0 aromatic heterocycles. The lowest BCUT2D eigenvalue weighted by molar-refractivity contribution is 0.0600. The van der Waals surface area contributed by atoms with Crippen molar-refractivity contribution in [3.05, 3.63) is 54.1 Å². The number of rotatable bonds is 3. The number of phenolic OH excluding ortho intramolecular Hbond substituents is 1. The van der Waals surface area contributed by atoms with Crippen LogP contribution in [0.5, 0.6) is 11.5 Å². The number of aromatic hydroxyl groups is 1. The van der Waals surface area contributed by atoms with E-state index in [1.807, 2.05) is 0 Å². The Hall–Kier alpha value is -3.02. The average Bonchev–Trinajstić information content (AvgIpc) is 2.49. The minimum atomic E-state index is -0.675. The fourth-order valence-corrected chi connectivity index (χ4v) is 1.57. The number of nitrogens with one attached hydrogen (secondary N) is 1. The maximum atomic E-state index is 11.7. The first kappa shape index (κ1) is 14.4. The van der Waals surface area contributed by atoms with Gasteiger partial charge in [0.1, 0.15) is 11.5 Å². The van der Waals surface area contributed by atoms with Crippen LogP contribution >= 0.6 is 0 Å². The smallest absolute Gasteiger partial charge is 0.417 e. The predicted octanol–water partition coefficient (Wildman–Crippen LogP) is 2.79. The Morgan fingerprint density at radius 3 is 2.19 bits per heavy atom. The summed E-state index contributed by atoms with van der Waals surface area (Å²) in [6.45, 7) is 0. The van der Waals surface area contributed by atoms with Crippen molar-refractivity contribution in [2.45, 2.75) is 0 Å². The van der Waals surface area contributed by atoms with Crippen LogP contribution < -0.4 is 10.1 Å². The van der Waals surface area contributed by atoms with Gasteiger partial charge in [-0.3, -0.25) is 5.32 Å². The first-order valence-electron chi connectivity index (χ1n) is 6.05. The molecule has 2 aromatic carbocycles. The van der Waals surface area contributed by atoms with Gasteiger partial charge in [-0.15, -0.1) is 0 Å². The van der Waals surface area contributed by atoms with E-state index in [1.165, 1.54) is 55.6 Å². The van der Waals surface area contributed by atoms with Crippen LogP contribution in [0.4, 0.5) is 10.5 Å². The molecule has 0 spiro atoms. The largest absolute Gasteiger partial charge is 0.508 e. The number of phenols is 1. The Bertz CT molecular complexity index is 634. The highest BCUT2D eigenvalue weighted by molar-refractivity contribution is 5.90. The van der Waals surface area contributed by atoms with E-state index in [0.29, 0.717) is 17.0 Å². The van der Waals surface area contributed by atoms with Gasteiger partial charge in [0.2, 0.25) is 0 Å². The minimum Gasteiger partial charge on any atom is -0.508 e. The molecule has 0 bridgehead atoms. The van der Waals surface area contributed by atoms with Crippen LogP contribution in [0.1, 0.15) is 10.4 Å². The molecule has 0 heterocycles. The van der Waals surface area contributed by atoms with Gasteiger partial charge in [0.25, 0.3) is 0 Å². The molecular formula is C15H13NO5. The molecule has 0 aliphatic heterocycles. The zero-order chi connectivity index (χ0) is 15.2. The van der Waals surface area contributed by atoms with Crippen molar-refractivity contribution >= 4 is 17.7 Å². The molecule has 0 fully saturated rings. The Morgan fingerprint density at radius 2 is 1.62 bits per heavy atom. The summed E-state index contributed by atoms with van der Waals surface area (Å²) < 4.78 is 9.62. The third-order valence-corrected chi connectivity index (χ3v) is 2.60. The summed E-state index contributed by atoms with van der Waals surface area (Å²) in [5.41, 5.74) is 0.854. The van der Waals surface area contributed by atoms with Crippen molar-refractivity contribution in [3.63, 3.8) is 0 Å². The van der Waals surface area contributed by atoms with Crippen LogP contribution in [0.2, 0.25) is 0 Å². The lowest BCUT2D eigenvalue weighted by Crippen LogP contribution is -2.16. The van der Waals surface area contributed by atoms with Crippen molar-refractivity contribution in [3.8, 4) is 11.5 Å². The van der Waals surface area contributed by atoms with Crippen LogP contribution in [0.15, 0.2) is 48.5 Å². The summed E-state index contributed by atoms with van der Waals surface area (Å²) in [5, 5.41) is 11.6. The Morgan fingerprint density at radius 1 is 1.00 bits per heavy atom. The van der Waals surface area contributed by atoms with E-state index >= 15 is 0 Å². The molecule has 1 amide bonds. The van der Waals surface area contributed by atoms with E-state index in [2.05, 4.69) is 10.1 Å². The molecular weight excluding hydrogens is 274 g/mol. The second-order valence-corrected chi connectivity index (χ2v) is 4.08. The maximum Gasteiger partial charge on any atom is 0.417 e. The number of benzene rings is 2. The van der Waals surface area contributed by atoms with E-state index in [4.69, 9.17) is 9.84 Å². The summed E-state index contributed by atoms with van der Waals surface area (Å²) >= 11 is 0. The normalized spacial score (nSPS) is 9.76. The fraction of sp³-hybridized carbons (Fsp3) is 0.0667. The second kappa shape index (κ2) is 6.42. The highest BCUT2D eigenvalue weighted by atomic mass is 16.6. The van der Waals surface area contributed by atoms with E-state index < -0.39 is 12.1 Å². The van der Waals surface area contributed by atoms with Gasteiger partial charge in [-0.05, 0) is 48.5 Å². The molecule has 6 nitrogen and oxygen atoms in total. The number of ether oxygens (including phenoxy) is 2. The van der Waals surface area contributed by atoms with E-state index in [-0.39, 0.29) is 5.75 Å². The second-order valence-electron chi connectivity index (χ2n) is 4.08. The monoisotopic (exact) mass is 287 g/mol. The molecule has 2 aromatic rings. The Kier molecular flexibility index (Phi) is 4.40. The number of hydrogen-bond acceptors (Lipinski definition) is 5. The van der Waals surface area contributed by atoms with Gasteiger partial charge in [-0.2, -0.15) is 0 Å². The van der Waals surface area contributed by atoms with Gasteiger partial charge in [-0.1, -0.05) is 0 Å². The number of methoxy groups -OCH3 is 1. The summed E-state index contributed by atoms with van der Waals surface area (Å²) in [5.74, 6) is -0.0682. The predicted molar refractivity (Wildman–Crippen MR) is 75.5 cm³/mol. The van der Waals surface area contributed by atoms with Crippen LogP contribution in [-0.4, -0.2) is 24.3 Å². The number of esters is 1. The third kappa shape index (κ3) is 3.97. The summed E-state index contributed by atoms with van der Waals surface area (Å²) in [7, 11) is 1.29. The van der Waals surface area contributed by atoms with Gasteiger partial charge < -0.3 is 14.6 Å². The van der Waals surface area contributed by atoms with E-state index in [9.17, 15) is 9.59 Å². The van der Waals surface area contributed by atoms with E-state index in [1.54, 1.807) is 0 Å². The number of carbonyl (C=O) groups is 2. The molecule has 0 atom stereocenters. The lowest BCUT2D eigenvalue weighted by atomic mass is 10.2. The lowest BCUT2D eigenvalue weighted by Gasteiger charge is -2.07. The van der Waals surface area contributed by atoms with Crippen LogP contribution in [0, 0.1) is 0 Å². The molecule has 6 heteroatoms. The van der Waals surface area contributed by atoms with Gasteiger partial charge in [0.15, 0.2) is 0 Å². The third-order valence-electron chi connectivity index (χ3n) is 2.60. The van der Waals surface area contributed by atoms with Crippen molar-refractivity contribution in [2.75, 3.05) is 12.4 Å². The zero-order valence-corrected chi connectivity index (χ0v) is 11.2. The number of carbonyl (C=O) groups excluding carboxylic acids is 2. The highest BCUT2D eigenvalue weighted by Gasteiger charge is 2.08. The van der Waals surface area contributed by atoms with Gasteiger partial charge in [-0.25, -0.2) is 9.59 Å². The molecule has 0 aliphatic rings. The van der Waals surface area contributed by atoms with Crippen molar-refractivity contribution < 1.29 is 24.2 Å². The maximum absolute atomic E-state index is 11.7. The fourth-order valence-electron chi connectivity index (χ4n) is 1.57. The highest BCUT2D eigenvalue weighted by Crippen LogP contribution is 2.16. The SMILES string of the molecule is COC(=O)c1ccc(OC(=O)Nc2ccc(O)cc2)cc1. The molecule has 108 valence electrons. The summed E-state index contributed by atoms with van der Waals surface area (Å²) in [6, 6.07) is 11.9. The molecule has 0 saturated carbocycles. The molecule has 0 unspecified atom stereocenters. The molecule has 0 radical (unpaired) electrons. The summed E-state index contributed by atoms with van der Waals surface area (Å²) in [4.78, 5) is 22.9. The quantitative estimate of drug-likeness (QED) is 0.669. The molecule has 21 heavy (non-hydrogen) atoms.